The van der Waals surface area contributed by atoms with Gasteiger partial charge in [-0.15, -0.1) is 0 Å². The number of carbonyl (C=O) groups is 3. The van der Waals surface area contributed by atoms with Crippen LogP contribution in [0.15, 0.2) is 47.5 Å². The summed E-state index contributed by atoms with van der Waals surface area (Å²) in [6.45, 7) is 13.2. The Hall–Kier alpha value is -2.86. The number of fused-ring (bicyclic) bond motifs is 8. The first-order valence-electron chi connectivity index (χ1n) is 21.0. The fourth-order valence-corrected chi connectivity index (χ4v) is 13.9. The number of para-hydroxylation sites is 1. The van der Waals surface area contributed by atoms with Crippen molar-refractivity contribution in [1.82, 2.24) is 10.3 Å². The molecule has 52 heavy (non-hydrogen) atoms. The van der Waals surface area contributed by atoms with Gasteiger partial charge in [0.2, 0.25) is 0 Å². The predicted octanol–water partition coefficient (Wildman–Crippen LogP) is 9.46. The van der Waals surface area contributed by atoms with Gasteiger partial charge in [0.1, 0.15) is 5.78 Å². The monoisotopic (exact) mass is 706 g/mol. The number of carboxylic acid groups (broad SMARTS) is 1. The number of hydrogen-bond donors (Lipinski definition) is 2. The van der Waals surface area contributed by atoms with E-state index >= 15 is 0 Å². The van der Waals surface area contributed by atoms with Crippen LogP contribution in [-0.4, -0.2) is 34.2 Å². The van der Waals surface area contributed by atoms with Crippen molar-refractivity contribution in [3.8, 4) is 0 Å². The Bertz CT molecular complexity index is 1760. The molecule has 280 valence electrons. The van der Waals surface area contributed by atoms with E-state index in [0.29, 0.717) is 65.8 Å². The average Bonchev–Trinajstić information content (AvgIpc) is 3.42. The molecule has 12 atom stereocenters. The second-order valence-corrected chi connectivity index (χ2v) is 19.1. The highest BCUT2D eigenvalue weighted by molar-refractivity contribution is 6.00. The smallest absolute Gasteiger partial charge is 0.306 e. The van der Waals surface area contributed by atoms with Gasteiger partial charge in [0.15, 0.2) is 5.78 Å². The zero-order valence-corrected chi connectivity index (χ0v) is 32.3. The molecular weight excluding hydrogens is 645 g/mol. The molecule has 6 aliphatic carbocycles. The molecule has 0 aliphatic heterocycles. The van der Waals surface area contributed by atoms with Gasteiger partial charge in [-0.25, -0.2) is 0 Å². The molecule has 1 heterocycles. The fourth-order valence-electron chi connectivity index (χ4n) is 13.9. The van der Waals surface area contributed by atoms with Crippen LogP contribution >= 0.6 is 0 Å². The second kappa shape index (κ2) is 13.8. The topological polar surface area (TPSA) is 96.4 Å². The van der Waals surface area contributed by atoms with Crippen LogP contribution in [0.1, 0.15) is 117 Å². The largest absolute Gasteiger partial charge is 0.481 e. The number of allylic oxidation sites excluding steroid dienone is 2. The molecule has 6 heteroatoms. The number of pyridine rings is 1. The number of aromatic nitrogens is 1. The summed E-state index contributed by atoms with van der Waals surface area (Å²) in [4.78, 5) is 43.7. The van der Waals surface area contributed by atoms with Crippen LogP contribution in [0, 0.1) is 75.9 Å². The van der Waals surface area contributed by atoms with Crippen molar-refractivity contribution < 1.29 is 19.5 Å². The van der Waals surface area contributed by atoms with E-state index in [9.17, 15) is 19.5 Å². The van der Waals surface area contributed by atoms with Crippen molar-refractivity contribution in [2.45, 2.75) is 118 Å². The van der Waals surface area contributed by atoms with Crippen molar-refractivity contribution in [1.29, 1.82) is 0 Å². The summed E-state index contributed by atoms with van der Waals surface area (Å²) in [5.41, 5.74) is 5.22. The number of nitrogens with one attached hydrogen (secondary N) is 1. The van der Waals surface area contributed by atoms with Gasteiger partial charge in [-0.05, 0) is 147 Å². The molecule has 5 fully saturated rings. The SMILES string of the molecule is CC(C)C1=C2C3CCC4C(CCC5C(C)C(CC(=O)C6CC(C(=O)O)C6C)CCC54C)C3CCC2(CCNCc2ccc3ccccc3n2)CC1=O. The number of hydrogen-bond acceptors (Lipinski definition) is 5. The predicted molar refractivity (Wildman–Crippen MR) is 205 cm³/mol. The van der Waals surface area contributed by atoms with Gasteiger partial charge in [0.05, 0.1) is 17.1 Å². The fraction of sp³-hybridized carbons (Fsp3) is 0.696. The highest BCUT2D eigenvalue weighted by atomic mass is 16.4. The normalized spacial score (nSPS) is 39.8. The van der Waals surface area contributed by atoms with Crippen LogP contribution in [0.2, 0.25) is 0 Å². The summed E-state index contributed by atoms with van der Waals surface area (Å²) >= 11 is 0. The lowest BCUT2D eigenvalue weighted by molar-refractivity contribution is -0.154. The van der Waals surface area contributed by atoms with Crippen LogP contribution in [0.3, 0.4) is 0 Å². The second-order valence-electron chi connectivity index (χ2n) is 19.1. The first-order chi connectivity index (χ1) is 24.9. The molecule has 0 saturated heterocycles. The van der Waals surface area contributed by atoms with E-state index < -0.39 is 5.97 Å². The van der Waals surface area contributed by atoms with E-state index in [1.54, 1.807) is 5.57 Å². The van der Waals surface area contributed by atoms with Gasteiger partial charge in [0.25, 0.3) is 0 Å². The van der Waals surface area contributed by atoms with Gasteiger partial charge in [-0.3, -0.25) is 19.4 Å². The summed E-state index contributed by atoms with van der Waals surface area (Å²) < 4.78 is 0. The minimum atomic E-state index is -0.743. The summed E-state index contributed by atoms with van der Waals surface area (Å²) in [7, 11) is 0. The Labute approximate surface area is 311 Å². The molecule has 6 aliphatic rings. The van der Waals surface area contributed by atoms with Crippen LogP contribution in [0.5, 0.6) is 0 Å². The number of ketones is 2. The Morgan fingerprint density at radius 2 is 1.71 bits per heavy atom. The number of Topliss-reactive ketones (excluding diaryl/α,β-unsaturated/α-hetero) is 2. The van der Waals surface area contributed by atoms with Gasteiger partial charge in [-0.1, -0.05) is 64.5 Å². The van der Waals surface area contributed by atoms with Gasteiger partial charge >= 0.3 is 5.97 Å². The third-order valence-corrected chi connectivity index (χ3v) is 16.6. The minimum absolute atomic E-state index is 0.0110. The summed E-state index contributed by atoms with van der Waals surface area (Å²) in [5, 5.41) is 14.4. The zero-order valence-electron chi connectivity index (χ0n) is 32.3. The lowest BCUT2D eigenvalue weighted by atomic mass is 9.42. The maximum Gasteiger partial charge on any atom is 0.306 e. The first kappa shape index (κ1) is 36.1. The van der Waals surface area contributed by atoms with Crippen molar-refractivity contribution in [3.63, 3.8) is 0 Å². The van der Waals surface area contributed by atoms with E-state index in [1.807, 2.05) is 13.0 Å². The quantitative estimate of drug-likeness (QED) is 0.239. The van der Waals surface area contributed by atoms with Gasteiger partial charge < -0.3 is 10.4 Å². The summed E-state index contributed by atoms with van der Waals surface area (Å²) in [5.74, 6) is 4.18. The molecule has 2 aromatic rings. The third-order valence-electron chi connectivity index (χ3n) is 16.6. The molecule has 0 radical (unpaired) electrons. The molecule has 1 aromatic carbocycles. The van der Waals surface area contributed by atoms with Crippen molar-refractivity contribution in [2.75, 3.05) is 6.54 Å². The minimum Gasteiger partial charge on any atom is -0.481 e. The molecule has 2 N–H and O–H groups in total. The highest BCUT2D eigenvalue weighted by Gasteiger charge is 2.61. The van der Waals surface area contributed by atoms with E-state index in [2.05, 4.69) is 63.3 Å². The molecule has 1 aromatic heterocycles. The van der Waals surface area contributed by atoms with E-state index in [1.165, 1.54) is 49.5 Å². The molecule has 0 amide bonds. The maximum atomic E-state index is 13.9. The van der Waals surface area contributed by atoms with Gasteiger partial charge in [-0.2, -0.15) is 0 Å². The zero-order chi connectivity index (χ0) is 36.5. The van der Waals surface area contributed by atoms with Crippen LogP contribution in [-0.2, 0) is 20.9 Å². The molecule has 12 unspecified atom stereocenters. The highest BCUT2D eigenvalue weighted by Crippen LogP contribution is 2.68. The van der Waals surface area contributed by atoms with Gasteiger partial charge in [0, 0.05) is 36.1 Å². The van der Waals surface area contributed by atoms with Crippen LogP contribution in [0.4, 0.5) is 0 Å². The molecular formula is C46H62N2O4. The van der Waals surface area contributed by atoms with E-state index in [0.717, 1.165) is 55.4 Å². The van der Waals surface area contributed by atoms with Crippen LogP contribution < -0.4 is 5.32 Å². The Morgan fingerprint density at radius 1 is 0.923 bits per heavy atom. The Balaban J connectivity index is 0.945. The lowest BCUT2D eigenvalue weighted by Crippen LogP contribution is -2.55. The molecule has 6 nitrogen and oxygen atoms in total. The van der Waals surface area contributed by atoms with E-state index in [-0.39, 0.29) is 29.1 Å². The van der Waals surface area contributed by atoms with Crippen molar-refractivity contribution in [2.24, 2.45) is 75.9 Å². The van der Waals surface area contributed by atoms with E-state index in [4.69, 9.17) is 4.98 Å². The first-order valence-corrected chi connectivity index (χ1v) is 21.0. The maximum absolute atomic E-state index is 13.9. The number of carbonyl (C=O) groups excluding carboxylic acids is 2. The summed E-state index contributed by atoms with van der Waals surface area (Å²) in [6.07, 6.45) is 12.7. The molecule has 8 rings (SSSR count). The third kappa shape index (κ3) is 5.93. The number of aliphatic carboxylic acids is 1. The molecule has 5 saturated carbocycles. The molecule has 0 spiro atoms. The van der Waals surface area contributed by atoms with Crippen LogP contribution in [0.25, 0.3) is 10.9 Å². The number of benzene rings is 1. The van der Waals surface area contributed by atoms with Crippen molar-refractivity contribution in [3.05, 3.63) is 53.2 Å². The Kier molecular flexibility index (Phi) is 9.57. The average molecular weight is 707 g/mol. The Morgan fingerprint density at radius 3 is 2.48 bits per heavy atom. The standard InChI is InChI=1S/C46H62N2O4/c1-26(2)42-41(50)24-46(20-21-47-25-31-11-10-29-8-6-7-9-39(29)48-31)19-17-32-33-12-14-37-27(3)30(22-40(49)35-23-36(28(35)4)44(51)52)16-18-45(37,5)38(33)15-13-34(32)43(42)46/h6-11,26-28,30,32-38,47H,12-25H2,1-5H3,(H,51,52). The number of carboxylic acids is 1. The number of rotatable bonds is 10. The number of nitrogens with zero attached hydrogens (tertiary/aromatic N) is 1. The summed E-state index contributed by atoms with van der Waals surface area (Å²) in [6, 6.07) is 12.6. The van der Waals surface area contributed by atoms with Crippen molar-refractivity contribution >= 4 is 28.4 Å². The molecule has 0 bridgehead atoms. The lowest BCUT2D eigenvalue weighted by Gasteiger charge is -2.63.